The molecule has 9 nitrogen and oxygen atoms in total. The van der Waals surface area contributed by atoms with E-state index in [4.69, 9.17) is 19.9 Å². The Morgan fingerprint density at radius 3 is 2.53 bits per heavy atom. The zero-order valence-corrected chi connectivity index (χ0v) is 22.4. The molecule has 3 heterocycles. The molecule has 0 radical (unpaired) electrons. The van der Waals surface area contributed by atoms with Crippen molar-refractivity contribution in [1.29, 1.82) is 0 Å². The number of hydrogen-bond acceptors (Lipinski definition) is 8. The number of methoxy groups -OCH3 is 1. The smallest absolute Gasteiger partial charge is 0.410 e. The van der Waals surface area contributed by atoms with Gasteiger partial charge in [0.15, 0.2) is 5.75 Å². The molecule has 208 valence electrons. The van der Waals surface area contributed by atoms with Gasteiger partial charge in [0, 0.05) is 45.2 Å². The second-order valence-electron chi connectivity index (χ2n) is 10.8. The number of aromatic nitrogens is 2. The number of carbonyl (C=O) groups excluding carboxylic acids is 1. The highest BCUT2D eigenvalue weighted by Gasteiger charge is 2.35. The summed E-state index contributed by atoms with van der Waals surface area (Å²) >= 11 is 0. The molecule has 1 amide bonds. The van der Waals surface area contributed by atoms with Gasteiger partial charge in [0.05, 0.1) is 25.1 Å². The molecule has 11 heteroatoms. The second-order valence-corrected chi connectivity index (χ2v) is 10.8. The summed E-state index contributed by atoms with van der Waals surface area (Å²) in [5.41, 5.74) is 5.85. The van der Waals surface area contributed by atoms with E-state index in [0.29, 0.717) is 44.5 Å². The Hall–Kier alpha value is -3.05. The predicted octanol–water partition coefficient (Wildman–Crippen LogP) is 3.73. The lowest BCUT2D eigenvalue weighted by Crippen LogP contribution is -2.45. The van der Waals surface area contributed by atoms with Gasteiger partial charge < -0.3 is 29.7 Å². The zero-order chi connectivity index (χ0) is 27.4. The highest BCUT2D eigenvalue weighted by atomic mass is 19.1. The lowest BCUT2D eigenvalue weighted by Gasteiger charge is -2.36. The van der Waals surface area contributed by atoms with Crippen molar-refractivity contribution in [3.05, 3.63) is 47.8 Å². The third kappa shape index (κ3) is 6.68. The molecular weight excluding hydrogens is 496 g/mol. The number of carbonyl (C=O) groups is 1. The van der Waals surface area contributed by atoms with Crippen LogP contribution in [0.1, 0.15) is 45.1 Å². The normalized spacial score (nSPS) is 21.4. The number of nitrogens with two attached hydrogens (primary N) is 1. The van der Waals surface area contributed by atoms with Crippen molar-refractivity contribution in [2.24, 2.45) is 11.7 Å². The van der Waals surface area contributed by atoms with Crippen LogP contribution in [-0.2, 0) is 9.47 Å². The summed E-state index contributed by atoms with van der Waals surface area (Å²) in [6, 6.07) is 3.06. The second kappa shape index (κ2) is 11.8. The number of piperidine rings is 1. The van der Waals surface area contributed by atoms with Gasteiger partial charge in [-0.3, -0.25) is 0 Å². The van der Waals surface area contributed by atoms with Crippen molar-refractivity contribution in [3.8, 4) is 5.75 Å². The number of hydrogen-bond donors (Lipinski definition) is 1. The summed E-state index contributed by atoms with van der Waals surface area (Å²) in [6.07, 6.45) is 4.41. The van der Waals surface area contributed by atoms with Crippen LogP contribution in [0.25, 0.3) is 0 Å². The summed E-state index contributed by atoms with van der Waals surface area (Å²) in [6.45, 7) is 8.00. The van der Waals surface area contributed by atoms with Crippen LogP contribution in [0.15, 0.2) is 30.6 Å². The number of ether oxygens (including phenoxy) is 3. The van der Waals surface area contributed by atoms with Gasteiger partial charge in [0.2, 0.25) is 5.95 Å². The zero-order valence-electron chi connectivity index (χ0n) is 22.4. The fourth-order valence-electron chi connectivity index (χ4n) is 5.19. The number of rotatable bonds is 8. The van der Waals surface area contributed by atoms with Gasteiger partial charge in [-0.1, -0.05) is 0 Å². The third-order valence-electron chi connectivity index (χ3n) is 7.26. The molecule has 3 atom stereocenters. The number of likely N-dealkylation sites (tertiary alicyclic amines) is 1. The molecule has 0 spiro atoms. The summed E-state index contributed by atoms with van der Waals surface area (Å²) < 4.78 is 44.8. The van der Waals surface area contributed by atoms with Crippen LogP contribution in [0.4, 0.5) is 19.5 Å². The first kappa shape index (κ1) is 28.0. The molecule has 0 bridgehead atoms. The minimum atomic E-state index is -0.679. The van der Waals surface area contributed by atoms with Crippen molar-refractivity contribution >= 4 is 12.0 Å². The fraction of sp³-hybridized carbons (Fsp3) is 0.593. The van der Waals surface area contributed by atoms with Crippen molar-refractivity contribution in [2.45, 2.75) is 57.3 Å². The van der Waals surface area contributed by atoms with Gasteiger partial charge in [0.1, 0.15) is 17.2 Å². The van der Waals surface area contributed by atoms with Crippen LogP contribution in [0, 0.1) is 17.6 Å². The monoisotopic (exact) mass is 533 g/mol. The summed E-state index contributed by atoms with van der Waals surface area (Å²) in [5, 5.41) is 0. The lowest BCUT2D eigenvalue weighted by molar-refractivity contribution is -0.0375. The predicted molar refractivity (Wildman–Crippen MR) is 138 cm³/mol. The number of halogens is 2. The van der Waals surface area contributed by atoms with Crippen LogP contribution in [0.3, 0.4) is 0 Å². The molecule has 0 unspecified atom stereocenters. The Bertz CT molecular complexity index is 1100. The maximum atomic E-state index is 14.3. The maximum absolute atomic E-state index is 14.3. The molecule has 1 aromatic heterocycles. The van der Waals surface area contributed by atoms with E-state index in [-0.39, 0.29) is 35.6 Å². The van der Waals surface area contributed by atoms with E-state index in [1.165, 1.54) is 6.07 Å². The Morgan fingerprint density at radius 2 is 1.87 bits per heavy atom. The lowest BCUT2D eigenvalue weighted by atomic mass is 9.92. The molecule has 4 rings (SSSR count). The van der Waals surface area contributed by atoms with Crippen LogP contribution < -0.4 is 15.4 Å². The topological polar surface area (TPSA) is 103 Å². The van der Waals surface area contributed by atoms with E-state index >= 15 is 0 Å². The Kier molecular flexibility index (Phi) is 8.67. The van der Waals surface area contributed by atoms with Crippen LogP contribution in [0.2, 0.25) is 0 Å². The quantitative estimate of drug-likeness (QED) is 0.548. The molecule has 0 saturated carbocycles. The summed E-state index contributed by atoms with van der Waals surface area (Å²) in [7, 11) is 1.58. The van der Waals surface area contributed by atoms with E-state index in [1.807, 2.05) is 25.7 Å². The van der Waals surface area contributed by atoms with E-state index in [0.717, 1.165) is 25.0 Å². The molecule has 2 saturated heterocycles. The average molecular weight is 534 g/mol. The van der Waals surface area contributed by atoms with Gasteiger partial charge in [0.25, 0.3) is 0 Å². The summed E-state index contributed by atoms with van der Waals surface area (Å²) in [5.74, 6) is -0.0483. The van der Waals surface area contributed by atoms with E-state index in [9.17, 15) is 13.6 Å². The fourth-order valence-corrected chi connectivity index (χ4v) is 5.19. The molecular formula is C27H37F2N5O4. The standard InChI is InChI=1S/C27H37F2N5O4/c1-17(18-7-9-33(10-8-18)26(35)38-27(2,3)16-36-4)37-20-12-31-25(32-13-20)34-14-22(24(30)15-34)21-11-19(28)5-6-23(21)29/h5-6,11-13,17-18,22,24H,7-10,14-16,30H2,1-4H3/t17-,22+,24-/m0/s1. The molecule has 2 aliphatic rings. The summed E-state index contributed by atoms with van der Waals surface area (Å²) in [4.78, 5) is 25.0. The van der Waals surface area contributed by atoms with Crippen molar-refractivity contribution in [3.63, 3.8) is 0 Å². The molecule has 2 N–H and O–H groups in total. The minimum absolute atomic E-state index is 0.0897. The first-order valence-electron chi connectivity index (χ1n) is 13.0. The van der Waals surface area contributed by atoms with Crippen molar-refractivity contribution in [1.82, 2.24) is 14.9 Å². The van der Waals surface area contributed by atoms with Gasteiger partial charge in [-0.05, 0) is 63.3 Å². The molecule has 1 aromatic carbocycles. The van der Waals surface area contributed by atoms with Gasteiger partial charge >= 0.3 is 6.09 Å². The first-order chi connectivity index (χ1) is 18.1. The highest BCUT2D eigenvalue weighted by Crippen LogP contribution is 2.31. The molecule has 0 aliphatic carbocycles. The Morgan fingerprint density at radius 1 is 1.18 bits per heavy atom. The molecule has 2 aromatic rings. The van der Waals surface area contributed by atoms with Crippen LogP contribution >= 0.6 is 0 Å². The van der Waals surface area contributed by atoms with E-state index in [1.54, 1.807) is 24.4 Å². The SMILES string of the molecule is COCC(C)(C)OC(=O)N1CCC([C@H](C)Oc2cnc(N3C[C@H](c4cc(F)ccc4F)[C@@H](N)C3)nc2)CC1. The van der Waals surface area contributed by atoms with Gasteiger partial charge in [-0.2, -0.15) is 0 Å². The Balaban J connectivity index is 1.28. The van der Waals surface area contributed by atoms with Crippen LogP contribution in [-0.4, -0.2) is 78.6 Å². The molecule has 38 heavy (non-hydrogen) atoms. The minimum Gasteiger partial charge on any atom is -0.487 e. The third-order valence-corrected chi connectivity index (χ3v) is 7.26. The maximum Gasteiger partial charge on any atom is 0.410 e. The number of benzene rings is 1. The number of nitrogens with zero attached hydrogens (tertiary/aromatic N) is 4. The van der Waals surface area contributed by atoms with E-state index in [2.05, 4.69) is 9.97 Å². The highest BCUT2D eigenvalue weighted by molar-refractivity contribution is 5.68. The first-order valence-corrected chi connectivity index (χ1v) is 13.0. The van der Waals surface area contributed by atoms with Crippen molar-refractivity contribution < 1.29 is 27.8 Å². The number of anilines is 1. The van der Waals surface area contributed by atoms with Gasteiger partial charge in [-0.15, -0.1) is 0 Å². The number of amides is 1. The van der Waals surface area contributed by atoms with E-state index < -0.39 is 17.2 Å². The van der Waals surface area contributed by atoms with Crippen LogP contribution in [0.5, 0.6) is 5.75 Å². The molecule has 2 aliphatic heterocycles. The Labute approximate surface area is 222 Å². The van der Waals surface area contributed by atoms with Crippen molar-refractivity contribution in [2.75, 3.05) is 44.8 Å². The molecule has 2 fully saturated rings. The van der Waals surface area contributed by atoms with Gasteiger partial charge in [-0.25, -0.2) is 23.5 Å². The average Bonchev–Trinajstić information content (AvgIpc) is 3.27. The largest absolute Gasteiger partial charge is 0.487 e.